The monoisotopic (exact) mass is 247 g/mol. The standard InChI is InChI=1S/C10H14FNO3S/c1-7(15-2)6-16(13,14)8-3-4-10(12)9(11)5-8/h3-5,7H,6,12H2,1-2H3. The molecule has 0 aliphatic heterocycles. The molecule has 0 heterocycles. The Morgan fingerprint density at radius 2 is 2.12 bits per heavy atom. The predicted octanol–water partition coefficient (Wildman–Crippen LogP) is 1.22. The molecule has 0 aliphatic carbocycles. The van der Waals surface area contributed by atoms with Crippen LogP contribution in [0, 0.1) is 5.82 Å². The van der Waals surface area contributed by atoms with Gasteiger partial charge in [-0.15, -0.1) is 0 Å². The molecule has 0 aromatic heterocycles. The van der Waals surface area contributed by atoms with Crippen LogP contribution in [0.25, 0.3) is 0 Å². The molecular formula is C10H14FNO3S. The fourth-order valence-corrected chi connectivity index (χ4v) is 2.68. The van der Waals surface area contributed by atoms with Crippen molar-refractivity contribution in [1.82, 2.24) is 0 Å². The van der Waals surface area contributed by atoms with Crippen molar-refractivity contribution in [2.45, 2.75) is 17.9 Å². The van der Waals surface area contributed by atoms with Crippen LogP contribution in [0.2, 0.25) is 0 Å². The van der Waals surface area contributed by atoms with Crippen molar-refractivity contribution in [2.24, 2.45) is 0 Å². The smallest absolute Gasteiger partial charge is 0.181 e. The van der Waals surface area contributed by atoms with Gasteiger partial charge in [0.25, 0.3) is 0 Å². The highest BCUT2D eigenvalue weighted by molar-refractivity contribution is 7.91. The van der Waals surface area contributed by atoms with Crippen LogP contribution in [0.4, 0.5) is 10.1 Å². The number of rotatable bonds is 4. The average molecular weight is 247 g/mol. The number of ether oxygens (including phenoxy) is 1. The van der Waals surface area contributed by atoms with Crippen molar-refractivity contribution >= 4 is 15.5 Å². The summed E-state index contributed by atoms with van der Waals surface area (Å²) in [4.78, 5) is -0.0805. The van der Waals surface area contributed by atoms with E-state index in [-0.39, 0.29) is 16.3 Å². The van der Waals surface area contributed by atoms with E-state index in [1.807, 2.05) is 0 Å². The largest absolute Gasteiger partial charge is 0.396 e. The Balaban J connectivity index is 3.03. The molecule has 0 saturated carbocycles. The highest BCUT2D eigenvalue weighted by atomic mass is 32.2. The van der Waals surface area contributed by atoms with E-state index < -0.39 is 21.8 Å². The fraction of sp³-hybridized carbons (Fsp3) is 0.400. The second-order valence-corrected chi connectivity index (χ2v) is 5.55. The number of anilines is 1. The SMILES string of the molecule is COC(C)CS(=O)(=O)c1ccc(N)c(F)c1. The minimum atomic E-state index is -3.53. The van der Waals surface area contributed by atoms with Crippen LogP contribution in [0.15, 0.2) is 23.1 Å². The third-order valence-corrected chi connectivity index (χ3v) is 4.07. The number of sulfone groups is 1. The van der Waals surface area contributed by atoms with Crippen LogP contribution in [-0.4, -0.2) is 27.4 Å². The molecule has 1 rings (SSSR count). The Bertz CT molecular complexity index is 473. The Morgan fingerprint density at radius 3 is 2.62 bits per heavy atom. The molecule has 1 aromatic rings. The van der Waals surface area contributed by atoms with E-state index in [4.69, 9.17) is 10.5 Å². The first-order valence-electron chi connectivity index (χ1n) is 4.67. The van der Waals surface area contributed by atoms with Gasteiger partial charge in [-0.1, -0.05) is 0 Å². The molecule has 4 nitrogen and oxygen atoms in total. The van der Waals surface area contributed by atoms with Crippen LogP contribution in [-0.2, 0) is 14.6 Å². The topological polar surface area (TPSA) is 69.4 Å². The summed E-state index contributed by atoms with van der Waals surface area (Å²) in [5, 5.41) is 0. The molecule has 16 heavy (non-hydrogen) atoms. The molecule has 6 heteroatoms. The number of methoxy groups -OCH3 is 1. The number of halogens is 1. The zero-order chi connectivity index (χ0) is 12.3. The molecule has 0 spiro atoms. The van der Waals surface area contributed by atoms with Crippen LogP contribution in [0.3, 0.4) is 0 Å². The quantitative estimate of drug-likeness (QED) is 0.812. The number of hydrogen-bond donors (Lipinski definition) is 1. The van der Waals surface area contributed by atoms with E-state index >= 15 is 0 Å². The first-order chi connectivity index (χ1) is 7.36. The zero-order valence-electron chi connectivity index (χ0n) is 9.10. The van der Waals surface area contributed by atoms with E-state index in [0.29, 0.717) is 0 Å². The van der Waals surface area contributed by atoms with Gasteiger partial charge in [-0.05, 0) is 25.1 Å². The van der Waals surface area contributed by atoms with Gasteiger partial charge in [0.05, 0.1) is 22.4 Å². The van der Waals surface area contributed by atoms with Gasteiger partial charge < -0.3 is 10.5 Å². The second kappa shape index (κ2) is 4.80. The lowest BCUT2D eigenvalue weighted by Crippen LogP contribution is -2.20. The second-order valence-electron chi connectivity index (χ2n) is 3.51. The first-order valence-corrected chi connectivity index (χ1v) is 6.32. The molecule has 0 radical (unpaired) electrons. The Labute approximate surface area is 94.1 Å². The van der Waals surface area contributed by atoms with Crippen molar-refractivity contribution < 1.29 is 17.5 Å². The molecule has 90 valence electrons. The van der Waals surface area contributed by atoms with Gasteiger partial charge in [0.1, 0.15) is 5.82 Å². The third kappa shape index (κ3) is 2.93. The lowest BCUT2D eigenvalue weighted by atomic mass is 10.3. The molecule has 1 aromatic carbocycles. The summed E-state index contributed by atoms with van der Waals surface area (Å²) in [5.41, 5.74) is 5.19. The van der Waals surface area contributed by atoms with E-state index in [0.717, 1.165) is 6.07 Å². The normalized spacial score (nSPS) is 13.7. The van der Waals surface area contributed by atoms with Crippen LogP contribution < -0.4 is 5.73 Å². The molecule has 0 saturated heterocycles. The van der Waals surface area contributed by atoms with E-state index in [2.05, 4.69) is 0 Å². The van der Waals surface area contributed by atoms with Crippen molar-refractivity contribution in [1.29, 1.82) is 0 Å². The first kappa shape index (κ1) is 12.9. The van der Waals surface area contributed by atoms with Crippen molar-refractivity contribution in [3.63, 3.8) is 0 Å². The van der Waals surface area contributed by atoms with Crippen LogP contribution >= 0.6 is 0 Å². The van der Waals surface area contributed by atoms with E-state index in [9.17, 15) is 12.8 Å². The Kier molecular flexibility index (Phi) is 3.88. The molecule has 0 fully saturated rings. The van der Waals surface area contributed by atoms with Crippen LogP contribution in [0.1, 0.15) is 6.92 Å². The van der Waals surface area contributed by atoms with Gasteiger partial charge in [-0.3, -0.25) is 0 Å². The summed E-state index contributed by atoms with van der Waals surface area (Å²) in [6.45, 7) is 1.63. The zero-order valence-corrected chi connectivity index (χ0v) is 9.92. The molecule has 1 unspecified atom stereocenters. The Hall–Kier alpha value is -1.14. The van der Waals surface area contributed by atoms with Gasteiger partial charge >= 0.3 is 0 Å². The molecule has 2 N–H and O–H groups in total. The maximum atomic E-state index is 13.1. The fourth-order valence-electron chi connectivity index (χ4n) is 1.17. The number of hydrogen-bond acceptors (Lipinski definition) is 4. The minimum Gasteiger partial charge on any atom is -0.396 e. The number of benzene rings is 1. The van der Waals surface area contributed by atoms with E-state index in [1.54, 1.807) is 6.92 Å². The molecule has 0 bridgehead atoms. The third-order valence-electron chi connectivity index (χ3n) is 2.19. The van der Waals surface area contributed by atoms with Gasteiger partial charge in [0.15, 0.2) is 9.84 Å². The molecule has 0 aliphatic rings. The predicted molar refractivity (Wildman–Crippen MR) is 59.3 cm³/mol. The summed E-state index contributed by atoms with van der Waals surface area (Å²) >= 11 is 0. The molecule has 0 amide bonds. The number of nitrogen functional groups attached to an aromatic ring is 1. The van der Waals surface area contributed by atoms with Gasteiger partial charge in [-0.25, -0.2) is 12.8 Å². The molecular weight excluding hydrogens is 233 g/mol. The van der Waals surface area contributed by atoms with Crippen molar-refractivity contribution in [3.05, 3.63) is 24.0 Å². The van der Waals surface area contributed by atoms with Crippen molar-refractivity contribution in [2.75, 3.05) is 18.6 Å². The summed E-state index contributed by atoms with van der Waals surface area (Å²) in [6.07, 6.45) is -0.439. The summed E-state index contributed by atoms with van der Waals surface area (Å²) in [7, 11) is -2.11. The van der Waals surface area contributed by atoms with Gasteiger partial charge in [0, 0.05) is 7.11 Å². The lowest BCUT2D eigenvalue weighted by molar-refractivity contribution is 0.136. The number of nitrogens with two attached hydrogens (primary N) is 1. The van der Waals surface area contributed by atoms with Gasteiger partial charge in [0.2, 0.25) is 0 Å². The summed E-state index contributed by atoms with van der Waals surface area (Å²) in [6, 6.07) is 3.45. The average Bonchev–Trinajstić information content (AvgIpc) is 2.21. The lowest BCUT2D eigenvalue weighted by Gasteiger charge is -2.10. The Morgan fingerprint density at radius 1 is 1.50 bits per heavy atom. The van der Waals surface area contributed by atoms with Gasteiger partial charge in [-0.2, -0.15) is 0 Å². The summed E-state index contributed by atoms with van der Waals surface area (Å²) < 4.78 is 41.5. The van der Waals surface area contributed by atoms with E-state index in [1.165, 1.54) is 19.2 Å². The van der Waals surface area contributed by atoms with Crippen LogP contribution in [0.5, 0.6) is 0 Å². The maximum absolute atomic E-state index is 13.1. The van der Waals surface area contributed by atoms with Crippen molar-refractivity contribution in [3.8, 4) is 0 Å². The highest BCUT2D eigenvalue weighted by Crippen LogP contribution is 2.18. The summed E-state index contributed by atoms with van der Waals surface area (Å²) in [5.74, 6) is -0.918. The maximum Gasteiger partial charge on any atom is 0.181 e. The highest BCUT2D eigenvalue weighted by Gasteiger charge is 2.19. The minimum absolute atomic E-state index is 0.0706. The molecule has 1 atom stereocenters.